The van der Waals surface area contributed by atoms with Gasteiger partial charge in [-0.1, -0.05) is 27.2 Å². The van der Waals surface area contributed by atoms with E-state index in [0.29, 0.717) is 5.91 Å². The molecule has 1 fully saturated rings. The Kier molecular flexibility index (Phi) is 4.62. The molecule has 0 saturated carbocycles. The van der Waals surface area contributed by atoms with Gasteiger partial charge in [0, 0.05) is 19.5 Å². The number of carbonyl (C=O) groups is 1. The quantitative estimate of drug-likeness (QED) is 0.699. The first-order chi connectivity index (χ1) is 7.05. The molecule has 88 valence electrons. The van der Waals surface area contributed by atoms with E-state index in [1.165, 1.54) is 25.7 Å². The smallest absolute Gasteiger partial charge is 0.223 e. The van der Waals surface area contributed by atoms with Crippen LogP contribution < -0.4 is 0 Å². The topological polar surface area (TPSA) is 20.3 Å². The van der Waals surface area contributed by atoms with E-state index in [0.717, 1.165) is 25.9 Å². The lowest BCUT2D eigenvalue weighted by Gasteiger charge is -2.31. The molecule has 2 heteroatoms. The van der Waals surface area contributed by atoms with E-state index in [1.807, 2.05) is 0 Å². The van der Waals surface area contributed by atoms with Crippen LogP contribution in [0.4, 0.5) is 0 Å². The third kappa shape index (κ3) is 4.23. The summed E-state index contributed by atoms with van der Waals surface area (Å²) in [6.45, 7) is 8.58. The molecule has 0 aliphatic carbocycles. The van der Waals surface area contributed by atoms with Crippen LogP contribution in [0.25, 0.3) is 0 Å². The highest BCUT2D eigenvalue weighted by Crippen LogP contribution is 2.27. The van der Waals surface area contributed by atoms with Gasteiger partial charge in [0.1, 0.15) is 0 Å². The van der Waals surface area contributed by atoms with Gasteiger partial charge in [-0.3, -0.25) is 4.79 Å². The lowest BCUT2D eigenvalue weighted by atomic mass is 9.84. The van der Waals surface area contributed by atoms with Gasteiger partial charge in [0.15, 0.2) is 0 Å². The van der Waals surface area contributed by atoms with Crippen molar-refractivity contribution < 1.29 is 4.79 Å². The summed E-state index contributed by atoms with van der Waals surface area (Å²) < 4.78 is 0. The van der Waals surface area contributed by atoms with Crippen LogP contribution in [0.1, 0.15) is 59.3 Å². The molecule has 1 aliphatic heterocycles. The second kappa shape index (κ2) is 5.53. The zero-order valence-electron chi connectivity index (χ0n) is 10.5. The summed E-state index contributed by atoms with van der Waals surface area (Å²) in [5, 5.41) is 0. The Labute approximate surface area is 94.0 Å². The van der Waals surface area contributed by atoms with Crippen molar-refractivity contribution in [2.24, 2.45) is 5.41 Å². The lowest BCUT2D eigenvalue weighted by molar-refractivity contribution is -0.134. The molecule has 1 amide bonds. The molecule has 0 bridgehead atoms. The maximum atomic E-state index is 12.0. The second-order valence-corrected chi connectivity index (χ2v) is 5.53. The monoisotopic (exact) mass is 211 g/mol. The van der Waals surface area contributed by atoms with Crippen molar-refractivity contribution in [2.45, 2.75) is 59.3 Å². The zero-order chi connectivity index (χ0) is 11.3. The van der Waals surface area contributed by atoms with Crippen LogP contribution in [0.2, 0.25) is 0 Å². The molecule has 1 heterocycles. The van der Waals surface area contributed by atoms with Gasteiger partial charge in [0.25, 0.3) is 0 Å². The molecule has 0 unspecified atom stereocenters. The van der Waals surface area contributed by atoms with E-state index in [1.54, 1.807) is 0 Å². The number of nitrogens with zero attached hydrogens (tertiary/aromatic N) is 1. The highest BCUT2D eigenvalue weighted by atomic mass is 16.2. The van der Waals surface area contributed by atoms with Crippen LogP contribution in [-0.4, -0.2) is 23.9 Å². The molecule has 1 rings (SSSR count). The summed E-state index contributed by atoms with van der Waals surface area (Å²) >= 11 is 0. The van der Waals surface area contributed by atoms with Crippen LogP contribution >= 0.6 is 0 Å². The van der Waals surface area contributed by atoms with Crippen molar-refractivity contribution in [1.29, 1.82) is 0 Å². The molecule has 15 heavy (non-hydrogen) atoms. The molecule has 0 spiro atoms. The van der Waals surface area contributed by atoms with Crippen molar-refractivity contribution in [1.82, 2.24) is 4.90 Å². The number of likely N-dealkylation sites (tertiary alicyclic amines) is 1. The van der Waals surface area contributed by atoms with Gasteiger partial charge < -0.3 is 4.90 Å². The summed E-state index contributed by atoms with van der Waals surface area (Å²) in [7, 11) is 0. The van der Waals surface area contributed by atoms with Gasteiger partial charge in [-0.05, 0) is 31.1 Å². The van der Waals surface area contributed by atoms with Gasteiger partial charge in [-0.25, -0.2) is 0 Å². The predicted octanol–water partition coefficient (Wildman–Crippen LogP) is 3.22. The summed E-state index contributed by atoms with van der Waals surface area (Å²) in [5.41, 5.74) is 0.184. The summed E-state index contributed by atoms with van der Waals surface area (Å²) in [4.78, 5) is 14.1. The lowest BCUT2D eigenvalue weighted by Crippen LogP contribution is -2.37. The first-order valence-corrected chi connectivity index (χ1v) is 6.33. The van der Waals surface area contributed by atoms with Crippen LogP contribution in [0.3, 0.4) is 0 Å². The molecule has 0 atom stereocenters. The molecule has 1 aliphatic rings. The standard InChI is InChI=1S/C13H25NO/c1-4-8-13(2,3)11-12(15)14-9-6-5-7-10-14/h4-11H2,1-3H3. The Morgan fingerprint density at radius 2 is 1.80 bits per heavy atom. The molecular weight excluding hydrogens is 186 g/mol. The van der Waals surface area contributed by atoms with Crippen LogP contribution in [0.5, 0.6) is 0 Å². The Morgan fingerprint density at radius 1 is 1.20 bits per heavy atom. The van der Waals surface area contributed by atoms with E-state index in [-0.39, 0.29) is 5.41 Å². The van der Waals surface area contributed by atoms with Crippen molar-refractivity contribution >= 4 is 5.91 Å². The van der Waals surface area contributed by atoms with Crippen LogP contribution in [0.15, 0.2) is 0 Å². The number of piperidine rings is 1. The fraction of sp³-hybridized carbons (Fsp3) is 0.923. The normalized spacial score (nSPS) is 17.9. The van der Waals surface area contributed by atoms with Gasteiger partial charge >= 0.3 is 0 Å². The maximum Gasteiger partial charge on any atom is 0.223 e. The van der Waals surface area contributed by atoms with Gasteiger partial charge in [0.05, 0.1) is 0 Å². The Balaban J connectivity index is 2.39. The van der Waals surface area contributed by atoms with Crippen molar-refractivity contribution in [2.75, 3.05) is 13.1 Å². The Morgan fingerprint density at radius 3 is 2.33 bits per heavy atom. The van der Waals surface area contributed by atoms with Crippen LogP contribution in [-0.2, 0) is 4.79 Å². The summed E-state index contributed by atoms with van der Waals surface area (Å²) in [6, 6.07) is 0. The van der Waals surface area contributed by atoms with E-state index >= 15 is 0 Å². The van der Waals surface area contributed by atoms with Crippen molar-refractivity contribution in [3.05, 3.63) is 0 Å². The number of amides is 1. The van der Waals surface area contributed by atoms with Crippen molar-refractivity contribution in [3.63, 3.8) is 0 Å². The minimum absolute atomic E-state index is 0.184. The third-order valence-electron chi connectivity index (χ3n) is 3.27. The largest absolute Gasteiger partial charge is 0.343 e. The minimum atomic E-state index is 0.184. The average Bonchev–Trinajstić information content (AvgIpc) is 2.18. The molecular formula is C13H25NO. The summed E-state index contributed by atoms with van der Waals surface area (Å²) in [5.74, 6) is 0.369. The molecule has 1 saturated heterocycles. The number of hydrogen-bond acceptors (Lipinski definition) is 1. The number of hydrogen-bond donors (Lipinski definition) is 0. The van der Waals surface area contributed by atoms with Gasteiger partial charge in [0.2, 0.25) is 5.91 Å². The Bertz CT molecular complexity index is 205. The second-order valence-electron chi connectivity index (χ2n) is 5.53. The van der Waals surface area contributed by atoms with Gasteiger partial charge in [-0.2, -0.15) is 0 Å². The number of rotatable bonds is 4. The molecule has 2 nitrogen and oxygen atoms in total. The van der Waals surface area contributed by atoms with Crippen molar-refractivity contribution in [3.8, 4) is 0 Å². The third-order valence-corrected chi connectivity index (χ3v) is 3.27. The predicted molar refractivity (Wildman–Crippen MR) is 63.7 cm³/mol. The Hall–Kier alpha value is -0.530. The molecule has 0 radical (unpaired) electrons. The molecule has 0 N–H and O–H groups in total. The molecule has 0 aromatic rings. The maximum absolute atomic E-state index is 12.0. The van der Waals surface area contributed by atoms with E-state index in [9.17, 15) is 4.79 Å². The first-order valence-electron chi connectivity index (χ1n) is 6.33. The van der Waals surface area contributed by atoms with E-state index in [2.05, 4.69) is 25.7 Å². The van der Waals surface area contributed by atoms with Gasteiger partial charge in [-0.15, -0.1) is 0 Å². The highest BCUT2D eigenvalue weighted by Gasteiger charge is 2.25. The summed E-state index contributed by atoms with van der Waals surface area (Å²) in [6.07, 6.45) is 6.72. The fourth-order valence-corrected chi connectivity index (χ4v) is 2.43. The highest BCUT2D eigenvalue weighted by molar-refractivity contribution is 5.76. The van der Waals surface area contributed by atoms with E-state index in [4.69, 9.17) is 0 Å². The fourth-order valence-electron chi connectivity index (χ4n) is 2.43. The molecule has 0 aromatic carbocycles. The van der Waals surface area contributed by atoms with E-state index < -0.39 is 0 Å². The molecule has 0 aromatic heterocycles. The SMILES string of the molecule is CCCC(C)(C)CC(=O)N1CCCCC1. The van der Waals surface area contributed by atoms with Crippen LogP contribution in [0, 0.1) is 5.41 Å². The first kappa shape index (κ1) is 12.5. The average molecular weight is 211 g/mol. The zero-order valence-corrected chi connectivity index (χ0v) is 10.5. The minimum Gasteiger partial charge on any atom is -0.343 e. The number of carbonyl (C=O) groups excluding carboxylic acids is 1.